The van der Waals surface area contributed by atoms with Crippen molar-refractivity contribution in [1.29, 1.82) is 0 Å². The van der Waals surface area contributed by atoms with E-state index < -0.39 is 0 Å². The van der Waals surface area contributed by atoms with E-state index in [2.05, 4.69) is 12.2 Å². The molecule has 4 rings (SSSR count). The summed E-state index contributed by atoms with van der Waals surface area (Å²) in [5.74, 6) is 0.501. The zero-order chi connectivity index (χ0) is 25.5. The predicted octanol–water partition coefficient (Wildman–Crippen LogP) is 6.07. The first kappa shape index (κ1) is 25.5. The van der Waals surface area contributed by atoms with Gasteiger partial charge >= 0.3 is 0 Å². The highest BCUT2D eigenvalue weighted by Crippen LogP contribution is 2.37. The van der Waals surface area contributed by atoms with Crippen LogP contribution in [0.15, 0.2) is 77.7 Å². The molecule has 184 valence electrons. The van der Waals surface area contributed by atoms with Crippen molar-refractivity contribution in [3.8, 4) is 11.5 Å². The average molecular weight is 519 g/mol. The molecule has 1 saturated heterocycles. The molecule has 8 heteroatoms. The van der Waals surface area contributed by atoms with Gasteiger partial charge in [-0.3, -0.25) is 14.5 Å². The second-order valence-corrected chi connectivity index (χ2v) is 9.55. The van der Waals surface area contributed by atoms with Gasteiger partial charge in [0, 0.05) is 5.69 Å². The average Bonchev–Trinajstić information content (AvgIpc) is 3.17. The van der Waals surface area contributed by atoms with Crippen molar-refractivity contribution in [2.75, 3.05) is 23.4 Å². The molecule has 0 bridgehead atoms. The second kappa shape index (κ2) is 11.9. The van der Waals surface area contributed by atoms with Crippen LogP contribution >= 0.6 is 24.0 Å². The number of nitrogens with zero attached hydrogens (tertiary/aromatic N) is 1. The van der Waals surface area contributed by atoms with E-state index >= 15 is 0 Å². The van der Waals surface area contributed by atoms with Gasteiger partial charge in [-0.25, -0.2) is 0 Å². The summed E-state index contributed by atoms with van der Waals surface area (Å²) in [4.78, 5) is 27.4. The minimum absolute atomic E-state index is 0.162. The zero-order valence-electron chi connectivity index (χ0n) is 20.0. The van der Waals surface area contributed by atoms with Gasteiger partial charge < -0.3 is 14.8 Å². The third-order valence-electron chi connectivity index (χ3n) is 5.38. The Labute approximate surface area is 220 Å². The summed E-state index contributed by atoms with van der Waals surface area (Å²) in [5, 5.41) is 2.83. The Balaban J connectivity index is 1.45. The van der Waals surface area contributed by atoms with E-state index in [9.17, 15) is 9.59 Å². The number of carbonyl (C=O) groups excluding carboxylic acids is 2. The quantitative estimate of drug-likeness (QED) is 0.274. The number of benzene rings is 3. The number of para-hydroxylation sites is 1. The second-order valence-electron chi connectivity index (χ2n) is 7.88. The number of anilines is 2. The topological polar surface area (TPSA) is 67.9 Å². The summed E-state index contributed by atoms with van der Waals surface area (Å²) >= 11 is 6.70. The highest BCUT2D eigenvalue weighted by Gasteiger charge is 2.33. The van der Waals surface area contributed by atoms with Gasteiger partial charge in [0.15, 0.2) is 22.4 Å². The first-order chi connectivity index (χ1) is 17.5. The number of hydrogen-bond acceptors (Lipinski definition) is 6. The van der Waals surface area contributed by atoms with Crippen molar-refractivity contribution in [2.45, 2.75) is 20.3 Å². The molecule has 2 amide bonds. The molecule has 36 heavy (non-hydrogen) atoms. The number of aryl methyl sites for hydroxylation is 1. The van der Waals surface area contributed by atoms with E-state index in [1.165, 1.54) is 22.2 Å². The summed E-state index contributed by atoms with van der Waals surface area (Å²) in [6.45, 7) is 4.21. The zero-order valence-corrected chi connectivity index (χ0v) is 21.7. The highest BCUT2D eigenvalue weighted by atomic mass is 32.2. The molecule has 0 aromatic heterocycles. The van der Waals surface area contributed by atoms with Crippen LogP contribution in [0.3, 0.4) is 0 Å². The molecule has 3 aromatic carbocycles. The van der Waals surface area contributed by atoms with Gasteiger partial charge in [-0.05, 0) is 66.9 Å². The van der Waals surface area contributed by atoms with Crippen molar-refractivity contribution in [2.24, 2.45) is 0 Å². The Kier molecular flexibility index (Phi) is 8.40. The number of thiocarbonyl (C=S) groups is 1. The molecular weight excluding hydrogens is 492 g/mol. The SMILES string of the molecule is CCOc1cc(/C=C2\SC(=S)N(c3ccccc3)C2=O)ccc1OCC(=O)Nc1ccc(CC)cc1. The monoisotopic (exact) mass is 518 g/mol. The number of hydrogen-bond donors (Lipinski definition) is 1. The van der Waals surface area contributed by atoms with Gasteiger partial charge in [-0.1, -0.05) is 67.3 Å². The molecule has 1 aliphatic rings. The summed E-state index contributed by atoms with van der Waals surface area (Å²) in [6.07, 6.45) is 2.72. The highest BCUT2D eigenvalue weighted by molar-refractivity contribution is 8.27. The Morgan fingerprint density at radius 1 is 1.00 bits per heavy atom. The summed E-state index contributed by atoms with van der Waals surface area (Å²) in [6, 6.07) is 22.4. The molecule has 1 aliphatic heterocycles. The van der Waals surface area contributed by atoms with E-state index in [0.29, 0.717) is 33.0 Å². The molecule has 6 nitrogen and oxygen atoms in total. The molecule has 0 unspecified atom stereocenters. The fraction of sp³-hybridized carbons (Fsp3) is 0.179. The van der Waals surface area contributed by atoms with E-state index in [1.54, 1.807) is 18.2 Å². The van der Waals surface area contributed by atoms with Crippen LogP contribution in [0.25, 0.3) is 6.08 Å². The summed E-state index contributed by atoms with van der Waals surface area (Å²) in [7, 11) is 0. The smallest absolute Gasteiger partial charge is 0.270 e. The van der Waals surface area contributed by atoms with Crippen LogP contribution in [-0.2, 0) is 16.0 Å². The molecule has 0 saturated carbocycles. The standard InChI is InChI=1S/C28H26N2O4S2/c1-3-19-10-13-21(14-11-19)29-26(31)18-34-23-15-12-20(16-24(23)33-4-2)17-25-27(32)30(28(35)36-25)22-8-6-5-7-9-22/h5-17H,3-4,18H2,1-2H3,(H,29,31)/b25-17-. The maximum absolute atomic E-state index is 13.0. The number of rotatable bonds is 9. The largest absolute Gasteiger partial charge is 0.490 e. The number of amides is 2. The number of carbonyl (C=O) groups is 2. The summed E-state index contributed by atoms with van der Waals surface area (Å²) < 4.78 is 12.0. The lowest BCUT2D eigenvalue weighted by Gasteiger charge is -2.14. The van der Waals surface area contributed by atoms with Gasteiger partial charge in [0.05, 0.1) is 17.2 Å². The molecule has 0 spiro atoms. The number of thioether (sulfide) groups is 1. The minimum atomic E-state index is -0.268. The number of ether oxygens (including phenoxy) is 2. The van der Waals surface area contributed by atoms with E-state index in [-0.39, 0.29) is 18.4 Å². The molecule has 0 aliphatic carbocycles. The summed E-state index contributed by atoms with van der Waals surface area (Å²) in [5.41, 5.74) is 3.42. The molecule has 0 radical (unpaired) electrons. The fourth-order valence-electron chi connectivity index (χ4n) is 3.58. The Hall–Kier alpha value is -3.62. The van der Waals surface area contributed by atoms with Gasteiger partial charge in [-0.2, -0.15) is 0 Å². The molecule has 1 heterocycles. The van der Waals surface area contributed by atoms with E-state index in [4.69, 9.17) is 21.7 Å². The van der Waals surface area contributed by atoms with Crippen molar-refractivity contribution in [3.05, 3.63) is 88.8 Å². The maximum Gasteiger partial charge on any atom is 0.270 e. The van der Waals surface area contributed by atoms with Gasteiger partial charge in [0.1, 0.15) is 0 Å². The lowest BCUT2D eigenvalue weighted by Crippen LogP contribution is -2.27. The minimum Gasteiger partial charge on any atom is -0.490 e. The molecular formula is C28H26N2O4S2. The first-order valence-electron chi connectivity index (χ1n) is 11.6. The Bertz CT molecular complexity index is 1290. The Morgan fingerprint density at radius 3 is 2.44 bits per heavy atom. The van der Waals surface area contributed by atoms with Crippen LogP contribution in [0.1, 0.15) is 25.0 Å². The number of nitrogens with one attached hydrogen (secondary N) is 1. The maximum atomic E-state index is 13.0. The van der Waals surface area contributed by atoms with Crippen LogP contribution in [0.5, 0.6) is 11.5 Å². The van der Waals surface area contributed by atoms with Gasteiger partial charge in [0.25, 0.3) is 11.8 Å². The lowest BCUT2D eigenvalue weighted by molar-refractivity contribution is -0.118. The van der Waals surface area contributed by atoms with Crippen molar-refractivity contribution >= 4 is 57.6 Å². The molecule has 0 atom stereocenters. The van der Waals surface area contributed by atoms with E-state index in [1.807, 2.05) is 67.6 Å². The van der Waals surface area contributed by atoms with Crippen molar-refractivity contribution < 1.29 is 19.1 Å². The Morgan fingerprint density at radius 2 is 1.75 bits per heavy atom. The van der Waals surface area contributed by atoms with Crippen molar-refractivity contribution in [3.63, 3.8) is 0 Å². The van der Waals surface area contributed by atoms with Crippen molar-refractivity contribution in [1.82, 2.24) is 0 Å². The van der Waals surface area contributed by atoms with Crippen LogP contribution in [0.4, 0.5) is 11.4 Å². The van der Waals surface area contributed by atoms with Gasteiger partial charge in [0.2, 0.25) is 0 Å². The third-order valence-corrected chi connectivity index (χ3v) is 6.68. The fourth-order valence-corrected chi connectivity index (χ4v) is 4.88. The van der Waals surface area contributed by atoms with Crippen LogP contribution in [0, 0.1) is 0 Å². The lowest BCUT2D eigenvalue weighted by atomic mass is 10.1. The van der Waals surface area contributed by atoms with Gasteiger partial charge in [-0.15, -0.1) is 0 Å². The normalized spacial score (nSPS) is 14.3. The predicted molar refractivity (Wildman–Crippen MR) is 150 cm³/mol. The van der Waals surface area contributed by atoms with Crippen LogP contribution in [-0.4, -0.2) is 29.3 Å². The van der Waals surface area contributed by atoms with E-state index in [0.717, 1.165) is 17.7 Å². The third kappa shape index (κ3) is 6.13. The molecule has 3 aromatic rings. The van der Waals surface area contributed by atoms with Crippen LogP contribution in [0.2, 0.25) is 0 Å². The molecule has 1 fully saturated rings. The van der Waals surface area contributed by atoms with Crippen LogP contribution < -0.4 is 19.7 Å². The first-order valence-corrected chi connectivity index (χ1v) is 12.8. The molecule has 1 N–H and O–H groups in total.